The van der Waals surface area contributed by atoms with Crippen molar-refractivity contribution in [2.24, 2.45) is 5.41 Å². The molecule has 1 heterocycles. The molecule has 0 unspecified atom stereocenters. The Hall–Kier alpha value is 0.0200. The summed E-state index contributed by atoms with van der Waals surface area (Å²) in [6, 6.07) is 0. The van der Waals surface area contributed by atoms with Gasteiger partial charge in [-0.25, -0.2) is 0 Å². The second-order valence-corrected chi connectivity index (χ2v) is 5.87. The van der Waals surface area contributed by atoms with Gasteiger partial charge in [-0.15, -0.1) is 0 Å². The number of ketones is 1. The van der Waals surface area contributed by atoms with Gasteiger partial charge in [-0.3, -0.25) is 4.79 Å². The summed E-state index contributed by atoms with van der Waals surface area (Å²) in [6.45, 7) is 8.44. The number of hydrogen-bond donors (Lipinski definition) is 0. The molecule has 0 aromatic carbocycles. The second kappa shape index (κ2) is 2.51. The standard InChI is InChI=1S/C9H16OS/c1-8(2)7(10)5-6-11-9(8,3)4/h5-6H2,1-4H3. The summed E-state index contributed by atoms with van der Waals surface area (Å²) in [6.07, 6.45) is 0.751. The first kappa shape index (κ1) is 9.11. The summed E-state index contributed by atoms with van der Waals surface area (Å²) in [5, 5.41) is 0. The zero-order valence-electron chi connectivity index (χ0n) is 7.73. The van der Waals surface area contributed by atoms with Gasteiger partial charge < -0.3 is 0 Å². The minimum Gasteiger partial charge on any atom is -0.299 e. The van der Waals surface area contributed by atoms with Crippen LogP contribution in [-0.4, -0.2) is 16.3 Å². The Morgan fingerprint density at radius 2 is 1.82 bits per heavy atom. The van der Waals surface area contributed by atoms with E-state index in [1.54, 1.807) is 0 Å². The Bertz CT molecular complexity index is 182. The fourth-order valence-corrected chi connectivity index (χ4v) is 2.50. The molecule has 0 saturated carbocycles. The maximum absolute atomic E-state index is 11.5. The fraction of sp³-hybridized carbons (Fsp3) is 0.889. The van der Waals surface area contributed by atoms with Crippen molar-refractivity contribution in [3.05, 3.63) is 0 Å². The topological polar surface area (TPSA) is 17.1 Å². The first-order valence-corrected chi connectivity index (χ1v) is 5.04. The molecule has 0 aromatic heterocycles. The highest BCUT2D eigenvalue weighted by Crippen LogP contribution is 2.46. The molecule has 0 aromatic rings. The molecule has 0 amide bonds. The molecule has 1 rings (SSSR count). The number of thioether (sulfide) groups is 1. The normalized spacial score (nSPS) is 28.5. The average Bonchev–Trinajstić information content (AvgIpc) is 1.84. The van der Waals surface area contributed by atoms with Gasteiger partial charge in [0.1, 0.15) is 5.78 Å². The molecule has 0 bridgehead atoms. The van der Waals surface area contributed by atoms with Gasteiger partial charge >= 0.3 is 0 Å². The van der Waals surface area contributed by atoms with Crippen molar-refractivity contribution in [2.75, 3.05) is 5.75 Å². The Balaban J connectivity index is 2.91. The van der Waals surface area contributed by atoms with Gasteiger partial charge in [0.25, 0.3) is 0 Å². The van der Waals surface area contributed by atoms with E-state index in [4.69, 9.17) is 0 Å². The van der Waals surface area contributed by atoms with Crippen LogP contribution in [0.4, 0.5) is 0 Å². The van der Waals surface area contributed by atoms with Crippen LogP contribution in [0.1, 0.15) is 34.1 Å². The summed E-state index contributed by atoms with van der Waals surface area (Å²) in [7, 11) is 0. The molecule has 0 N–H and O–H groups in total. The van der Waals surface area contributed by atoms with Crippen molar-refractivity contribution in [1.82, 2.24) is 0 Å². The molecule has 11 heavy (non-hydrogen) atoms. The molecule has 2 heteroatoms. The highest BCUT2D eigenvalue weighted by atomic mass is 32.2. The van der Waals surface area contributed by atoms with Gasteiger partial charge in [-0.2, -0.15) is 11.8 Å². The molecular weight excluding hydrogens is 156 g/mol. The largest absolute Gasteiger partial charge is 0.299 e. The van der Waals surface area contributed by atoms with Gasteiger partial charge in [0.2, 0.25) is 0 Å². The lowest BCUT2D eigenvalue weighted by Crippen LogP contribution is -2.46. The highest BCUT2D eigenvalue weighted by Gasteiger charge is 2.45. The minimum atomic E-state index is -0.143. The van der Waals surface area contributed by atoms with Crippen LogP contribution in [0.25, 0.3) is 0 Å². The summed E-state index contributed by atoms with van der Waals surface area (Å²) < 4.78 is 0.113. The molecule has 0 radical (unpaired) electrons. The van der Waals surface area contributed by atoms with E-state index in [9.17, 15) is 4.79 Å². The Morgan fingerprint density at radius 3 is 2.18 bits per heavy atom. The van der Waals surface area contributed by atoms with Crippen molar-refractivity contribution in [3.8, 4) is 0 Å². The predicted molar refractivity (Wildman–Crippen MR) is 49.9 cm³/mol. The number of carbonyl (C=O) groups excluding carboxylic acids is 1. The Morgan fingerprint density at radius 1 is 1.27 bits per heavy atom. The van der Waals surface area contributed by atoms with Crippen LogP contribution in [0.3, 0.4) is 0 Å². The molecule has 64 valence electrons. The van der Waals surface area contributed by atoms with Crippen molar-refractivity contribution in [2.45, 2.75) is 38.9 Å². The predicted octanol–water partition coefficient (Wildman–Crippen LogP) is 2.50. The molecule has 1 aliphatic rings. The van der Waals surface area contributed by atoms with E-state index in [1.807, 2.05) is 11.8 Å². The lowest BCUT2D eigenvalue weighted by atomic mass is 9.75. The molecule has 1 nitrogen and oxygen atoms in total. The maximum atomic E-state index is 11.5. The zero-order chi connectivity index (χ0) is 8.70. The lowest BCUT2D eigenvalue weighted by Gasteiger charge is -2.43. The SMILES string of the molecule is CC1(C)SCCC(=O)C1(C)C. The van der Waals surface area contributed by atoms with Gasteiger partial charge in [0.15, 0.2) is 0 Å². The van der Waals surface area contributed by atoms with E-state index < -0.39 is 0 Å². The van der Waals surface area contributed by atoms with E-state index in [1.165, 1.54) is 0 Å². The highest BCUT2D eigenvalue weighted by molar-refractivity contribution is 8.00. The van der Waals surface area contributed by atoms with E-state index >= 15 is 0 Å². The first-order valence-electron chi connectivity index (χ1n) is 4.05. The molecule has 0 aliphatic carbocycles. The van der Waals surface area contributed by atoms with E-state index in [0.29, 0.717) is 5.78 Å². The Labute approximate surface area is 72.9 Å². The minimum absolute atomic E-state index is 0.113. The van der Waals surface area contributed by atoms with Crippen LogP contribution in [0.15, 0.2) is 0 Å². The molecule has 0 spiro atoms. The maximum Gasteiger partial charge on any atom is 0.140 e. The first-order chi connectivity index (χ1) is 4.88. The molecule has 1 saturated heterocycles. The summed E-state index contributed by atoms with van der Waals surface area (Å²) in [5.74, 6) is 1.41. The molecule has 0 atom stereocenters. The van der Waals surface area contributed by atoms with Crippen molar-refractivity contribution in [3.63, 3.8) is 0 Å². The lowest BCUT2D eigenvalue weighted by molar-refractivity contribution is -0.128. The summed E-state index contributed by atoms with van der Waals surface area (Å²) in [5.41, 5.74) is -0.143. The quantitative estimate of drug-likeness (QED) is 0.558. The zero-order valence-corrected chi connectivity index (χ0v) is 8.55. The monoisotopic (exact) mass is 172 g/mol. The molecule has 1 aliphatic heterocycles. The van der Waals surface area contributed by atoms with Crippen LogP contribution < -0.4 is 0 Å². The molecule has 1 fully saturated rings. The van der Waals surface area contributed by atoms with Gasteiger partial charge in [0, 0.05) is 22.3 Å². The average molecular weight is 172 g/mol. The van der Waals surface area contributed by atoms with Gasteiger partial charge in [-0.1, -0.05) is 13.8 Å². The third kappa shape index (κ3) is 1.33. The Kier molecular flexibility index (Phi) is 2.08. The third-order valence-electron chi connectivity index (χ3n) is 2.99. The number of rotatable bonds is 0. The van der Waals surface area contributed by atoms with Crippen LogP contribution in [0, 0.1) is 5.41 Å². The van der Waals surface area contributed by atoms with E-state index in [0.717, 1.165) is 12.2 Å². The van der Waals surface area contributed by atoms with E-state index in [-0.39, 0.29) is 10.2 Å². The fourth-order valence-electron chi connectivity index (χ4n) is 1.23. The van der Waals surface area contributed by atoms with E-state index in [2.05, 4.69) is 27.7 Å². The van der Waals surface area contributed by atoms with Crippen molar-refractivity contribution in [1.29, 1.82) is 0 Å². The van der Waals surface area contributed by atoms with Crippen LogP contribution >= 0.6 is 11.8 Å². The van der Waals surface area contributed by atoms with Crippen molar-refractivity contribution < 1.29 is 4.79 Å². The number of carbonyl (C=O) groups is 1. The van der Waals surface area contributed by atoms with Crippen LogP contribution in [-0.2, 0) is 4.79 Å². The second-order valence-electron chi connectivity index (χ2n) is 4.16. The number of Topliss-reactive ketones (excluding diaryl/α,β-unsaturated/α-hetero) is 1. The summed E-state index contributed by atoms with van der Waals surface area (Å²) >= 11 is 1.91. The third-order valence-corrected chi connectivity index (χ3v) is 4.63. The van der Waals surface area contributed by atoms with Gasteiger partial charge in [-0.05, 0) is 13.8 Å². The summed E-state index contributed by atoms with van der Waals surface area (Å²) in [4.78, 5) is 11.5. The smallest absolute Gasteiger partial charge is 0.140 e. The number of hydrogen-bond acceptors (Lipinski definition) is 2. The van der Waals surface area contributed by atoms with Gasteiger partial charge in [0.05, 0.1) is 0 Å². The van der Waals surface area contributed by atoms with Crippen LogP contribution in [0.5, 0.6) is 0 Å². The molecular formula is C9H16OS. The van der Waals surface area contributed by atoms with Crippen LogP contribution in [0.2, 0.25) is 0 Å². The van der Waals surface area contributed by atoms with Crippen molar-refractivity contribution >= 4 is 17.5 Å².